The van der Waals surface area contributed by atoms with Crippen LogP contribution in [0.15, 0.2) is 6.20 Å². The number of hydrogen-bond donors (Lipinski definition) is 1. The van der Waals surface area contributed by atoms with Crippen LogP contribution in [0.4, 0.5) is 5.82 Å². The molecule has 2 rings (SSSR count). The van der Waals surface area contributed by atoms with Crippen molar-refractivity contribution in [3.8, 4) is 0 Å². The SMILES string of the molecule is CC(C)c1nc(N)cn1C1CCOC1. The minimum absolute atomic E-state index is 0.410. The van der Waals surface area contributed by atoms with Crippen LogP contribution < -0.4 is 5.73 Å². The van der Waals surface area contributed by atoms with Crippen LogP contribution >= 0.6 is 0 Å². The molecular weight excluding hydrogens is 178 g/mol. The van der Waals surface area contributed by atoms with Crippen molar-refractivity contribution in [2.24, 2.45) is 0 Å². The maximum Gasteiger partial charge on any atom is 0.141 e. The van der Waals surface area contributed by atoms with E-state index in [0.717, 1.165) is 25.5 Å². The van der Waals surface area contributed by atoms with Crippen molar-refractivity contribution >= 4 is 5.82 Å². The highest BCUT2D eigenvalue weighted by Crippen LogP contribution is 2.25. The minimum Gasteiger partial charge on any atom is -0.382 e. The highest BCUT2D eigenvalue weighted by Gasteiger charge is 2.21. The second-order valence-electron chi connectivity index (χ2n) is 4.10. The van der Waals surface area contributed by atoms with E-state index in [4.69, 9.17) is 10.5 Å². The Morgan fingerprint density at radius 1 is 1.64 bits per heavy atom. The van der Waals surface area contributed by atoms with Gasteiger partial charge in [-0.2, -0.15) is 0 Å². The number of anilines is 1. The first kappa shape index (κ1) is 9.52. The normalized spacial score (nSPS) is 22.1. The van der Waals surface area contributed by atoms with Gasteiger partial charge in [0.25, 0.3) is 0 Å². The summed E-state index contributed by atoms with van der Waals surface area (Å²) in [5.74, 6) is 2.09. The van der Waals surface area contributed by atoms with Crippen molar-refractivity contribution in [1.82, 2.24) is 9.55 Å². The molecule has 1 saturated heterocycles. The van der Waals surface area contributed by atoms with Crippen molar-refractivity contribution in [2.45, 2.75) is 32.2 Å². The molecule has 1 fully saturated rings. The maximum absolute atomic E-state index is 5.71. The van der Waals surface area contributed by atoms with E-state index in [2.05, 4.69) is 23.4 Å². The van der Waals surface area contributed by atoms with Crippen LogP contribution in [-0.4, -0.2) is 22.8 Å². The molecule has 2 N–H and O–H groups in total. The van der Waals surface area contributed by atoms with Crippen LogP contribution in [0.1, 0.15) is 38.1 Å². The fourth-order valence-electron chi connectivity index (χ4n) is 1.89. The number of nitrogens with two attached hydrogens (primary N) is 1. The van der Waals surface area contributed by atoms with Crippen molar-refractivity contribution < 1.29 is 4.74 Å². The molecule has 78 valence electrons. The Bertz CT molecular complexity index is 313. The number of rotatable bonds is 2. The van der Waals surface area contributed by atoms with E-state index >= 15 is 0 Å². The Morgan fingerprint density at radius 2 is 2.43 bits per heavy atom. The molecule has 0 saturated carbocycles. The number of imidazole rings is 1. The van der Waals surface area contributed by atoms with Gasteiger partial charge in [0, 0.05) is 18.7 Å². The van der Waals surface area contributed by atoms with Crippen molar-refractivity contribution in [3.05, 3.63) is 12.0 Å². The number of aromatic nitrogens is 2. The van der Waals surface area contributed by atoms with Gasteiger partial charge in [-0.15, -0.1) is 0 Å². The van der Waals surface area contributed by atoms with Gasteiger partial charge < -0.3 is 15.0 Å². The van der Waals surface area contributed by atoms with Gasteiger partial charge in [0.1, 0.15) is 11.6 Å². The third-order valence-corrected chi connectivity index (χ3v) is 2.59. The molecule has 0 radical (unpaired) electrons. The van der Waals surface area contributed by atoms with Crippen LogP contribution in [0.25, 0.3) is 0 Å². The van der Waals surface area contributed by atoms with E-state index < -0.39 is 0 Å². The molecule has 0 aliphatic carbocycles. The average molecular weight is 195 g/mol. The smallest absolute Gasteiger partial charge is 0.141 e. The van der Waals surface area contributed by atoms with E-state index in [1.54, 1.807) is 0 Å². The number of nitrogens with zero attached hydrogens (tertiary/aromatic N) is 2. The second kappa shape index (κ2) is 3.61. The molecular formula is C10H17N3O. The molecule has 1 aromatic heterocycles. The lowest BCUT2D eigenvalue weighted by molar-refractivity contribution is 0.186. The van der Waals surface area contributed by atoms with E-state index in [1.807, 2.05) is 6.20 Å². The zero-order chi connectivity index (χ0) is 10.1. The highest BCUT2D eigenvalue weighted by molar-refractivity contribution is 5.27. The lowest BCUT2D eigenvalue weighted by Gasteiger charge is -2.14. The van der Waals surface area contributed by atoms with Crippen molar-refractivity contribution in [1.29, 1.82) is 0 Å². The standard InChI is InChI=1S/C10H17N3O/c1-7(2)10-12-9(11)5-13(10)8-3-4-14-6-8/h5,7-8H,3-4,6,11H2,1-2H3. The van der Waals surface area contributed by atoms with Crippen LogP contribution in [0.3, 0.4) is 0 Å². The summed E-state index contributed by atoms with van der Waals surface area (Å²) >= 11 is 0. The topological polar surface area (TPSA) is 53.1 Å². The number of ether oxygens (including phenoxy) is 1. The minimum atomic E-state index is 0.410. The molecule has 2 heterocycles. The number of nitrogen functional groups attached to an aromatic ring is 1. The monoisotopic (exact) mass is 195 g/mol. The molecule has 4 nitrogen and oxygen atoms in total. The van der Waals surface area contributed by atoms with Gasteiger partial charge in [-0.25, -0.2) is 4.98 Å². The zero-order valence-electron chi connectivity index (χ0n) is 8.73. The predicted molar refractivity (Wildman–Crippen MR) is 55.2 cm³/mol. The first-order valence-corrected chi connectivity index (χ1v) is 5.10. The van der Waals surface area contributed by atoms with Crippen LogP contribution in [0, 0.1) is 0 Å². The lowest BCUT2D eigenvalue weighted by Crippen LogP contribution is -2.12. The Morgan fingerprint density at radius 3 is 3.00 bits per heavy atom. The van der Waals surface area contributed by atoms with Gasteiger partial charge in [-0.3, -0.25) is 0 Å². The molecule has 0 spiro atoms. The van der Waals surface area contributed by atoms with Gasteiger partial charge >= 0.3 is 0 Å². The third-order valence-electron chi connectivity index (χ3n) is 2.59. The molecule has 1 atom stereocenters. The summed E-state index contributed by atoms with van der Waals surface area (Å²) in [4.78, 5) is 4.34. The summed E-state index contributed by atoms with van der Waals surface area (Å²) in [6.07, 6.45) is 2.99. The first-order chi connectivity index (χ1) is 6.68. The number of hydrogen-bond acceptors (Lipinski definition) is 3. The Labute approximate surface area is 84.1 Å². The van der Waals surface area contributed by atoms with Crippen molar-refractivity contribution in [2.75, 3.05) is 18.9 Å². The first-order valence-electron chi connectivity index (χ1n) is 5.10. The Hall–Kier alpha value is -1.03. The Kier molecular flexibility index (Phi) is 2.46. The molecule has 4 heteroatoms. The molecule has 0 amide bonds. The quantitative estimate of drug-likeness (QED) is 0.779. The summed E-state index contributed by atoms with van der Waals surface area (Å²) in [6.45, 7) is 5.90. The van der Waals surface area contributed by atoms with Gasteiger partial charge in [-0.05, 0) is 6.42 Å². The zero-order valence-corrected chi connectivity index (χ0v) is 8.73. The average Bonchev–Trinajstić information content (AvgIpc) is 2.70. The fourth-order valence-corrected chi connectivity index (χ4v) is 1.89. The maximum atomic E-state index is 5.71. The Balaban J connectivity index is 2.30. The molecule has 14 heavy (non-hydrogen) atoms. The summed E-state index contributed by atoms with van der Waals surface area (Å²) in [7, 11) is 0. The molecule has 1 aromatic rings. The van der Waals surface area contributed by atoms with Crippen LogP contribution in [0.5, 0.6) is 0 Å². The molecule has 0 aromatic carbocycles. The van der Waals surface area contributed by atoms with Crippen LogP contribution in [-0.2, 0) is 4.74 Å². The molecule has 1 unspecified atom stereocenters. The van der Waals surface area contributed by atoms with Gasteiger partial charge in [0.15, 0.2) is 0 Å². The second-order valence-corrected chi connectivity index (χ2v) is 4.10. The van der Waals surface area contributed by atoms with Gasteiger partial charge in [0.2, 0.25) is 0 Å². The third kappa shape index (κ3) is 1.62. The highest BCUT2D eigenvalue weighted by atomic mass is 16.5. The van der Waals surface area contributed by atoms with Crippen LogP contribution in [0.2, 0.25) is 0 Å². The van der Waals surface area contributed by atoms with Gasteiger partial charge in [-0.1, -0.05) is 13.8 Å². The van der Waals surface area contributed by atoms with Crippen molar-refractivity contribution in [3.63, 3.8) is 0 Å². The molecule has 1 aliphatic heterocycles. The van der Waals surface area contributed by atoms with E-state index in [-0.39, 0.29) is 0 Å². The van der Waals surface area contributed by atoms with E-state index in [0.29, 0.717) is 17.8 Å². The summed E-state index contributed by atoms with van der Waals surface area (Å²) < 4.78 is 7.54. The summed E-state index contributed by atoms with van der Waals surface area (Å²) in [5.41, 5.74) is 5.71. The summed E-state index contributed by atoms with van der Waals surface area (Å²) in [6, 6.07) is 0.428. The van der Waals surface area contributed by atoms with Gasteiger partial charge in [0.05, 0.1) is 12.6 Å². The molecule has 1 aliphatic rings. The van der Waals surface area contributed by atoms with E-state index in [1.165, 1.54) is 0 Å². The van der Waals surface area contributed by atoms with E-state index in [9.17, 15) is 0 Å². The lowest BCUT2D eigenvalue weighted by atomic mass is 10.2. The largest absolute Gasteiger partial charge is 0.382 e. The summed E-state index contributed by atoms with van der Waals surface area (Å²) in [5, 5.41) is 0. The predicted octanol–water partition coefficient (Wildman–Crippen LogP) is 1.55. The molecule has 0 bridgehead atoms. The fraction of sp³-hybridized carbons (Fsp3) is 0.700.